The third kappa shape index (κ3) is 2.41. The Hall–Kier alpha value is -2.37. The van der Waals surface area contributed by atoms with Crippen molar-refractivity contribution in [2.45, 2.75) is 6.54 Å². The zero-order valence-electron chi connectivity index (χ0n) is 9.29. The molecule has 0 bridgehead atoms. The van der Waals surface area contributed by atoms with Crippen LogP contribution in [0, 0.1) is 0 Å². The van der Waals surface area contributed by atoms with Crippen LogP contribution in [0.5, 0.6) is 5.75 Å². The summed E-state index contributed by atoms with van der Waals surface area (Å²) in [4.78, 5) is 13.3. The van der Waals surface area contributed by atoms with E-state index in [-0.39, 0.29) is 17.4 Å². The number of carbonyl (C=O) groups excluding carboxylic acids is 1. The van der Waals surface area contributed by atoms with Crippen LogP contribution in [0.3, 0.4) is 0 Å². The molecule has 2 N–H and O–H groups in total. The highest BCUT2D eigenvalue weighted by atomic mass is 16.3. The molecule has 2 rings (SSSR count). The van der Waals surface area contributed by atoms with Gasteiger partial charge in [0.15, 0.2) is 5.69 Å². The van der Waals surface area contributed by atoms with Crippen molar-refractivity contribution in [2.75, 3.05) is 7.05 Å². The molecule has 88 valence electrons. The molecule has 0 aliphatic heterocycles. The fourth-order valence-electron chi connectivity index (χ4n) is 1.47. The standard InChI is InChI=1S/C11H12N4O2/c1-15(11(17)9-6-12-14-13-9)7-8-4-2-3-5-10(8)16/h2-6,16H,7H2,1H3,(H,12,13,14). The first-order chi connectivity index (χ1) is 8.18. The number of phenols is 1. The highest BCUT2D eigenvalue weighted by molar-refractivity contribution is 5.91. The van der Waals surface area contributed by atoms with E-state index < -0.39 is 0 Å². The first-order valence-corrected chi connectivity index (χ1v) is 5.06. The Bertz CT molecular complexity index is 510. The van der Waals surface area contributed by atoms with E-state index in [1.165, 1.54) is 11.1 Å². The van der Waals surface area contributed by atoms with Crippen molar-refractivity contribution >= 4 is 5.91 Å². The fraction of sp³-hybridized carbons (Fsp3) is 0.182. The molecule has 17 heavy (non-hydrogen) atoms. The molecule has 1 aromatic carbocycles. The second kappa shape index (κ2) is 4.65. The number of aromatic nitrogens is 3. The van der Waals surface area contributed by atoms with Crippen LogP contribution in [-0.4, -0.2) is 38.4 Å². The zero-order chi connectivity index (χ0) is 12.3. The van der Waals surface area contributed by atoms with Crippen molar-refractivity contribution in [1.82, 2.24) is 20.3 Å². The van der Waals surface area contributed by atoms with Crippen LogP contribution >= 0.6 is 0 Å². The molecule has 0 unspecified atom stereocenters. The number of nitrogens with one attached hydrogen (secondary N) is 1. The van der Waals surface area contributed by atoms with Gasteiger partial charge in [0.25, 0.3) is 5.91 Å². The lowest BCUT2D eigenvalue weighted by Crippen LogP contribution is -2.26. The Morgan fingerprint density at radius 1 is 1.47 bits per heavy atom. The number of hydrogen-bond acceptors (Lipinski definition) is 4. The molecule has 1 heterocycles. The van der Waals surface area contributed by atoms with Crippen LogP contribution in [0.4, 0.5) is 0 Å². The molecule has 1 aromatic heterocycles. The van der Waals surface area contributed by atoms with E-state index >= 15 is 0 Å². The van der Waals surface area contributed by atoms with Gasteiger partial charge in [-0.1, -0.05) is 18.2 Å². The van der Waals surface area contributed by atoms with Crippen LogP contribution in [0.15, 0.2) is 30.5 Å². The summed E-state index contributed by atoms with van der Waals surface area (Å²) in [6.45, 7) is 0.318. The molecule has 0 aliphatic carbocycles. The largest absolute Gasteiger partial charge is 0.508 e. The summed E-state index contributed by atoms with van der Waals surface area (Å²) in [5.41, 5.74) is 0.940. The van der Waals surface area contributed by atoms with Gasteiger partial charge in [-0.2, -0.15) is 15.4 Å². The highest BCUT2D eigenvalue weighted by Gasteiger charge is 2.15. The minimum atomic E-state index is -0.248. The number of aromatic amines is 1. The van der Waals surface area contributed by atoms with Gasteiger partial charge in [0.1, 0.15) is 5.75 Å². The molecule has 0 saturated carbocycles. The second-order valence-corrected chi connectivity index (χ2v) is 3.65. The highest BCUT2D eigenvalue weighted by Crippen LogP contribution is 2.17. The number of benzene rings is 1. The molecule has 6 nitrogen and oxygen atoms in total. The summed E-state index contributed by atoms with van der Waals surface area (Å²) in [5.74, 6) is -0.0747. The summed E-state index contributed by atoms with van der Waals surface area (Å²) in [6, 6.07) is 6.90. The lowest BCUT2D eigenvalue weighted by Gasteiger charge is -2.16. The van der Waals surface area contributed by atoms with Gasteiger partial charge in [-0.05, 0) is 6.07 Å². The van der Waals surface area contributed by atoms with Crippen LogP contribution in [0.25, 0.3) is 0 Å². The summed E-state index contributed by atoms with van der Waals surface area (Å²) in [5, 5.41) is 19.3. The summed E-state index contributed by atoms with van der Waals surface area (Å²) in [6.07, 6.45) is 1.36. The van der Waals surface area contributed by atoms with Gasteiger partial charge in [-0.25, -0.2) is 0 Å². The molecule has 2 aromatic rings. The Morgan fingerprint density at radius 3 is 2.88 bits per heavy atom. The average Bonchev–Trinajstić information content (AvgIpc) is 2.84. The normalized spacial score (nSPS) is 10.2. The van der Waals surface area contributed by atoms with Crippen molar-refractivity contribution in [3.05, 3.63) is 41.7 Å². The zero-order valence-corrected chi connectivity index (χ0v) is 9.29. The van der Waals surface area contributed by atoms with Gasteiger partial charge in [0.2, 0.25) is 0 Å². The van der Waals surface area contributed by atoms with Crippen LogP contribution < -0.4 is 0 Å². The topological polar surface area (TPSA) is 82.1 Å². The van der Waals surface area contributed by atoms with E-state index in [2.05, 4.69) is 15.4 Å². The average molecular weight is 232 g/mol. The van der Waals surface area contributed by atoms with Gasteiger partial charge in [0, 0.05) is 19.2 Å². The molecule has 6 heteroatoms. The number of aromatic hydroxyl groups is 1. The molecule has 0 saturated heterocycles. The third-order valence-electron chi connectivity index (χ3n) is 2.38. The molecule has 0 radical (unpaired) electrons. The van der Waals surface area contributed by atoms with Gasteiger partial charge >= 0.3 is 0 Å². The summed E-state index contributed by atoms with van der Waals surface area (Å²) >= 11 is 0. The van der Waals surface area contributed by atoms with E-state index in [4.69, 9.17) is 0 Å². The Balaban J connectivity index is 2.10. The van der Waals surface area contributed by atoms with Gasteiger partial charge in [-0.15, -0.1) is 0 Å². The second-order valence-electron chi connectivity index (χ2n) is 3.65. The van der Waals surface area contributed by atoms with Crippen molar-refractivity contribution in [2.24, 2.45) is 0 Å². The minimum Gasteiger partial charge on any atom is -0.508 e. The van der Waals surface area contributed by atoms with E-state index in [0.717, 1.165) is 0 Å². The summed E-state index contributed by atoms with van der Waals surface area (Å²) in [7, 11) is 1.64. The molecule has 0 fully saturated rings. The molecular weight excluding hydrogens is 220 g/mol. The SMILES string of the molecule is CN(Cc1ccccc1O)C(=O)c1cn[nH]n1. The number of para-hydroxylation sites is 1. The first kappa shape index (κ1) is 11.1. The molecule has 0 atom stereocenters. The summed E-state index contributed by atoms with van der Waals surface area (Å²) < 4.78 is 0. The Labute approximate surface area is 97.9 Å². The Kier molecular flexibility index (Phi) is 3.04. The van der Waals surface area contributed by atoms with E-state index in [1.807, 2.05) is 6.07 Å². The van der Waals surface area contributed by atoms with Crippen molar-refractivity contribution < 1.29 is 9.90 Å². The fourth-order valence-corrected chi connectivity index (χ4v) is 1.47. The van der Waals surface area contributed by atoms with E-state index in [0.29, 0.717) is 12.1 Å². The monoisotopic (exact) mass is 232 g/mol. The number of H-pyrrole nitrogens is 1. The van der Waals surface area contributed by atoms with Crippen molar-refractivity contribution in [1.29, 1.82) is 0 Å². The third-order valence-corrected chi connectivity index (χ3v) is 2.38. The lowest BCUT2D eigenvalue weighted by molar-refractivity contribution is 0.0778. The van der Waals surface area contributed by atoms with Crippen LogP contribution in [-0.2, 0) is 6.54 Å². The van der Waals surface area contributed by atoms with Crippen LogP contribution in [0.1, 0.15) is 16.1 Å². The number of rotatable bonds is 3. The number of carbonyl (C=O) groups is 1. The molecule has 0 spiro atoms. The predicted octanol–water partition coefficient (Wildman–Crippen LogP) is 0.782. The molecular formula is C11H12N4O2. The predicted molar refractivity (Wildman–Crippen MR) is 60.3 cm³/mol. The maximum atomic E-state index is 11.8. The maximum absolute atomic E-state index is 11.8. The number of nitrogens with zero attached hydrogens (tertiary/aromatic N) is 3. The molecule has 1 amide bonds. The van der Waals surface area contributed by atoms with E-state index in [9.17, 15) is 9.90 Å². The van der Waals surface area contributed by atoms with E-state index in [1.54, 1.807) is 25.2 Å². The van der Waals surface area contributed by atoms with Crippen molar-refractivity contribution in [3.8, 4) is 5.75 Å². The van der Waals surface area contributed by atoms with Gasteiger partial charge in [-0.3, -0.25) is 4.79 Å². The number of amides is 1. The quantitative estimate of drug-likeness (QED) is 0.819. The van der Waals surface area contributed by atoms with Crippen LogP contribution in [0.2, 0.25) is 0 Å². The van der Waals surface area contributed by atoms with Gasteiger partial charge < -0.3 is 10.0 Å². The maximum Gasteiger partial charge on any atom is 0.276 e. The van der Waals surface area contributed by atoms with Crippen molar-refractivity contribution in [3.63, 3.8) is 0 Å². The smallest absolute Gasteiger partial charge is 0.276 e. The number of hydrogen-bond donors (Lipinski definition) is 2. The Morgan fingerprint density at radius 2 is 2.24 bits per heavy atom. The first-order valence-electron chi connectivity index (χ1n) is 5.06. The lowest BCUT2D eigenvalue weighted by atomic mass is 10.2. The van der Waals surface area contributed by atoms with Gasteiger partial charge in [0.05, 0.1) is 6.20 Å². The minimum absolute atomic E-state index is 0.173. The number of phenolic OH excluding ortho intramolecular Hbond substituents is 1. The molecule has 0 aliphatic rings.